The zero-order valence-electron chi connectivity index (χ0n) is 9.79. The molecule has 1 aromatic rings. The molecule has 1 aromatic carbocycles. The Morgan fingerprint density at radius 3 is 1.93 bits per heavy atom. The van der Waals surface area contributed by atoms with Gasteiger partial charge in [0.1, 0.15) is 0 Å². The molecule has 2 nitrogen and oxygen atoms in total. The Labute approximate surface area is 92.9 Å². The number of nitrogens with two attached hydrogens (primary N) is 1. The molecule has 0 saturated carbocycles. The molecular formula is C13H22N2. The standard InChI is InChI=1S/C8H10.C5H12N2/c1-7-4-3-5-8(2)6-7;6-5-1-3-7-4-2-5/h3-6H,1-2H3;5,7H,1-4,6H2. The zero-order valence-corrected chi connectivity index (χ0v) is 9.79. The second-order valence-corrected chi connectivity index (χ2v) is 4.25. The highest BCUT2D eigenvalue weighted by atomic mass is 14.9. The van der Waals surface area contributed by atoms with Gasteiger partial charge in [0, 0.05) is 6.04 Å². The number of nitrogens with one attached hydrogen (secondary N) is 1. The fourth-order valence-corrected chi connectivity index (χ4v) is 1.65. The van der Waals surface area contributed by atoms with E-state index in [0.717, 1.165) is 25.9 Å². The van der Waals surface area contributed by atoms with E-state index in [1.165, 1.54) is 11.1 Å². The second kappa shape index (κ2) is 6.59. The minimum atomic E-state index is 0.473. The van der Waals surface area contributed by atoms with Crippen LogP contribution in [-0.2, 0) is 0 Å². The largest absolute Gasteiger partial charge is 0.328 e. The van der Waals surface area contributed by atoms with Crippen LogP contribution >= 0.6 is 0 Å². The Bertz CT molecular complexity index is 260. The summed E-state index contributed by atoms with van der Waals surface area (Å²) in [6, 6.07) is 8.92. The van der Waals surface area contributed by atoms with E-state index in [9.17, 15) is 0 Å². The van der Waals surface area contributed by atoms with E-state index in [1.54, 1.807) is 0 Å². The SMILES string of the molecule is Cc1cccc(C)c1.NC1CCNCC1. The number of hydrogen-bond donors (Lipinski definition) is 2. The van der Waals surface area contributed by atoms with Gasteiger partial charge in [0.25, 0.3) is 0 Å². The lowest BCUT2D eigenvalue weighted by Crippen LogP contribution is -2.35. The third kappa shape index (κ3) is 5.55. The highest BCUT2D eigenvalue weighted by Gasteiger charge is 2.05. The van der Waals surface area contributed by atoms with Crippen molar-refractivity contribution in [1.29, 1.82) is 0 Å². The first-order chi connectivity index (χ1) is 7.18. The van der Waals surface area contributed by atoms with Gasteiger partial charge in [-0.05, 0) is 39.8 Å². The molecule has 2 rings (SSSR count). The topological polar surface area (TPSA) is 38.0 Å². The summed E-state index contributed by atoms with van der Waals surface area (Å²) in [6.07, 6.45) is 2.31. The molecule has 2 heteroatoms. The molecule has 1 aliphatic heterocycles. The third-order valence-electron chi connectivity index (χ3n) is 2.56. The molecule has 1 fully saturated rings. The highest BCUT2D eigenvalue weighted by Crippen LogP contribution is 2.00. The summed E-state index contributed by atoms with van der Waals surface area (Å²) in [5.74, 6) is 0. The Morgan fingerprint density at radius 1 is 1.13 bits per heavy atom. The fraction of sp³-hybridized carbons (Fsp3) is 0.538. The van der Waals surface area contributed by atoms with Gasteiger partial charge in [-0.3, -0.25) is 0 Å². The summed E-state index contributed by atoms with van der Waals surface area (Å²) in [6.45, 7) is 6.43. The Kier molecular flexibility index (Phi) is 5.37. The summed E-state index contributed by atoms with van der Waals surface area (Å²) >= 11 is 0. The van der Waals surface area contributed by atoms with Crippen molar-refractivity contribution in [2.45, 2.75) is 32.7 Å². The van der Waals surface area contributed by atoms with Gasteiger partial charge in [0.15, 0.2) is 0 Å². The number of benzene rings is 1. The Balaban J connectivity index is 0.000000151. The van der Waals surface area contributed by atoms with Crippen molar-refractivity contribution >= 4 is 0 Å². The van der Waals surface area contributed by atoms with Gasteiger partial charge >= 0.3 is 0 Å². The molecule has 3 N–H and O–H groups in total. The first-order valence-corrected chi connectivity index (χ1v) is 5.68. The van der Waals surface area contributed by atoms with Crippen molar-refractivity contribution in [1.82, 2.24) is 5.32 Å². The average Bonchev–Trinajstić information content (AvgIpc) is 2.19. The average molecular weight is 206 g/mol. The molecule has 0 bridgehead atoms. The number of rotatable bonds is 0. The van der Waals surface area contributed by atoms with Gasteiger partial charge in [-0.25, -0.2) is 0 Å². The van der Waals surface area contributed by atoms with Gasteiger partial charge in [0.2, 0.25) is 0 Å². The molecule has 15 heavy (non-hydrogen) atoms. The monoisotopic (exact) mass is 206 g/mol. The van der Waals surface area contributed by atoms with Gasteiger partial charge in [-0.1, -0.05) is 35.4 Å². The molecule has 0 unspecified atom stereocenters. The Hall–Kier alpha value is -0.860. The molecule has 0 radical (unpaired) electrons. The van der Waals surface area contributed by atoms with Crippen LogP contribution in [0.2, 0.25) is 0 Å². The van der Waals surface area contributed by atoms with Crippen LogP contribution in [0.25, 0.3) is 0 Å². The second-order valence-electron chi connectivity index (χ2n) is 4.25. The van der Waals surface area contributed by atoms with Gasteiger partial charge in [-0.2, -0.15) is 0 Å². The summed E-state index contributed by atoms with van der Waals surface area (Å²) in [7, 11) is 0. The Morgan fingerprint density at radius 2 is 1.67 bits per heavy atom. The van der Waals surface area contributed by atoms with E-state index in [4.69, 9.17) is 5.73 Å². The van der Waals surface area contributed by atoms with Gasteiger partial charge < -0.3 is 11.1 Å². The molecule has 1 saturated heterocycles. The minimum absolute atomic E-state index is 0.473. The molecular weight excluding hydrogens is 184 g/mol. The van der Waals surface area contributed by atoms with Crippen LogP contribution in [0.5, 0.6) is 0 Å². The van der Waals surface area contributed by atoms with Crippen molar-refractivity contribution in [2.24, 2.45) is 5.73 Å². The lowest BCUT2D eigenvalue weighted by molar-refractivity contribution is 0.458. The van der Waals surface area contributed by atoms with Crippen LogP contribution in [0.1, 0.15) is 24.0 Å². The summed E-state index contributed by atoms with van der Waals surface area (Å²) < 4.78 is 0. The fourth-order valence-electron chi connectivity index (χ4n) is 1.65. The van der Waals surface area contributed by atoms with E-state index < -0.39 is 0 Å². The smallest absolute Gasteiger partial charge is 0.00629 e. The zero-order chi connectivity index (χ0) is 11.1. The molecule has 0 aromatic heterocycles. The van der Waals surface area contributed by atoms with Crippen molar-refractivity contribution in [3.63, 3.8) is 0 Å². The number of aryl methyl sites for hydroxylation is 2. The highest BCUT2D eigenvalue weighted by molar-refractivity contribution is 5.20. The summed E-state index contributed by atoms with van der Waals surface area (Å²) in [5, 5.41) is 3.24. The molecule has 1 aliphatic rings. The molecule has 1 heterocycles. The maximum atomic E-state index is 5.59. The van der Waals surface area contributed by atoms with Crippen LogP contribution in [0.4, 0.5) is 0 Å². The molecule has 84 valence electrons. The normalized spacial score (nSPS) is 16.7. The van der Waals surface area contributed by atoms with E-state index >= 15 is 0 Å². The van der Waals surface area contributed by atoms with Crippen molar-refractivity contribution in [3.8, 4) is 0 Å². The number of piperidine rings is 1. The van der Waals surface area contributed by atoms with Crippen molar-refractivity contribution in [2.75, 3.05) is 13.1 Å². The maximum absolute atomic E-state index is 5.59. The quantitative estimate of drug-likeness (QED) is 0.681. The van der Waals surface area contributed by atoms with Crippen LogP contribution in [0, 0.1) is 13.8 Å². The van der Waals surface area contributed by atoms with E-state index in [1.807, 2.05) is 0 Å². The molecule has 0 aliphatic carbocycles. The van der Waals surface area contributed by atoms with E-state index in [2.05, 4.69) is 43.4 Å². The summed E-state index contributed by atoms with van der Waals surface area (Å²) in [4.78, 5) is 0. The summed E-state index contributed by atoms with van der Waals surface area (Å²) in [5.41, 5.74) is 8.27. The van der Waals surface area contributed by atoms with E-state index in [0.29, 0.717) is 6.04 Å². The predicted octanol–water partition coefficient (Wildman–Crippen LogP) is 2.00. The van der Waals surface area contributed by atoms with Crippen LogP contribution in [-0.4, -0.2) is 19.1 Å². The number of hydrogen-bond acceptors (Lipinski definition) is 2. The van der Waals surface area contributed by atoms with Gasteiger partial charge in [-0.15, -0.1) is 0 Å². The predicted molar refractivity (Wildman–Crippen MR) is 66.0 cm³/mol. The molecule has 0 amide bonds. The van der Waals surface area contributed by atoms with Crippen LogP contribution in [0.15, 0.2) is 24.3 Å². The first-order valence-electron chi connectivity index (χ1n) is 5.68. The molecule has 0 atom stereocenters. The van der Waals surface area contributed by atoms with Crippen molar-refractivity contribution in [3.05, 3.63) is 35.4 Å². The first kappa shape index (κ1) is 12.2. The van der Waals surface area contributed by atoms with Crippen LogP contribution < -0.4 is 11.1 Å². The van der Waals surface area contributed by atoms with Gasteiger partial charge in [0.05, 0.1) is 0 Å². The van der Waals surface area contributed by atoms with Crippen LogP contribution in [0.3, 0.4) is 0 Å². The third-order valence-corrected chi connectivity index (χ3v) is 2.56. The lowest BCUT2D eigenvalue weighted by Gasteiger charge is -2.17. The lowest BCUT2D eigenvalue weighted by atomic mass is 10.1. The van der Waals surface area contributed by atoms with Crippen molar-refractivity contribution < 1.29 is 0 Å². The maximum Gasteiger partial charge on any atom is 0.00629 e. The molecule has 0 spiro atoms. The minimum Gasteiger partial charge on any atom is -0.328 e. The van der Waals surface area contributed by atoms with E-state index in [-0.39, 0.29) is 0 Å².